The van der Waals surface area contributed by atoms with Crippen molar-refractivity contribution in [3.05, 3.63) is 64.0 Å². The molecule has 1 aromatic heterocycles. The maximum atomic E-state index is 12.1. The third-order valence-corrected chi connectivity index (χ3v) is 3.58. The predicted octanol–water partition coefficient (Wildman–Crippen LogP) is 3.23. The molecule has 0 saturated carbocycles. The molecule has 1 heterocycles. The van der Waals surface area contributed by atoms with Crippen molar-refractivity contribution >= 4 is 29.1 Å². The molecule has 0 aliphatic rings. The van der Waals surface area contributed by atoms with Gasteiger partial charge in [-0.25, -0.2) is 4.98 Å². The van der Waals surface area contributed by atoms with Gasteiger partial charge in [-0.3, -0.25) is 14.2 Å². The molecule has 0 aliphatic heterocycles. The van der Waals surface area contributed by atoms with Crippen molar-refractivity contribution in [2.45, 2.75) is 6.92 Å². The zero-order chi connectivity index (χ0) is 18.2. The fraction of sp³-hybridized carbons (Fsp3) is 0.167. The van der Waals surface area contributed by atoms with Crippen LogP contribution in [0.25, 0.3) is 16.7 Å². The highest BCUT2D eigenvalue weighted by Crippen LogP contribution is 2.27. The van der Waals surface area contributed by atoms with Crippen molar-refractivity contribution in [1.82, 2.24) is 9.55 Å². The van der Waals surface area contributed by atoms with Gasteiger partial charge < -0.3 is 9.47 Å². The molecule has 0 bridgehead atoms. The molecule has 0 unspecified atom stereocenters. The molecule has 0 N–H and O–H groups in total. The summed E-state index contributed by atoms with van der Waals surface area (Å²) in [5.74, 6) is 0.571. The van der Waals surface area contributed by atoms with E-state index in [-0.39, 0.29) is 5.56 Å². The number of hydrogen-bond acceptors (Lipinski definition) is 5. The van der Waals surface area contributed by atoms with E-state index in [1.807, 2.05) is 24.3 Å². The average molecular weight is 361 g/mol. The molecule has 0 aliphatic carbocycles. The summed E-state index contributed by atoms with van der Waals surface area (Å²) in [5.41, 5.74) is 1.96. The van der Waals surface area contributed by atoms with Crippen molar-refractivity contribution in [3.8, 4) is 11.4 Å². The van der Waals surface area contributed by atoms with Crippen molar-refractivity contribution in [3.63, 3.8) is 0 Å². The second kappa shape index (κ2) is 8.84. The Hall–Kier alpha value is -2.86. The molecule has 0 saturated heterocycles. The van der Waals surface area contributed by atoms with Crippen LogP contribution in [0.4, 0.5) is 0 Å². The predicted molar refractivity (Wildman–Crippen MR) is 96.6 cm³/mol. The van der Waals surface area contributed by atoms with E-state index in [0.717, 1.165) is 11.0 Å². The highest BCUT2D eigenvalue weighted by Gasteiger charge is 2.08. The second-order valence-electron chi connectivity index (χ2n) is 4.79. The molecule has 7 heteroatoms. The van der Waals surface area contributed by atoms with Gasteiger partial charge in [0.2, 0.25) is 0 Å². The van der Waals surface area contributed by atoms with Crippen molar-refractivity contribution in [2.24, 2.45) is 0 Å². The van der Waals surface area contributed by atoms with Gasteiger partial charge in [0.15, 0.2) is 0 Å². The van der Waals surface area contributed by atoms with Gasteiger partial charge in [-0.15, -0.1) is 0 Å². The number of fused-ring (bicyclic) bond motifs is 1. The van der Waals surface area contributed by atoms with Crippen LogP contribution in [0.2, 0.25) is 5.02 Å². The van der Waals surface area contributed by atoms with Crippen LogP contribution in [0, 0.1) is 0 Å². The largest absolute Gasteiger partial charge is 0.495 e. The molecular formula is C18H17ClN2O4. The lowest BCUT2D eigenvalue weighted by Crippen LogP contribution is -2.18. The third-order valence-electron chi connectivity index (χ3n) is 3.29. The Balaban J connectivity index is 0.000000399. The smallest absolute Gasteiger partial charge is 0.293 e. The number of carbonyl (C=O) groups excluding carboxylic acids is 1. The lowest BCUT2D eigenvalue weighted by atomic mass is 10.2. The van der Waals surface area contributed by atoms with Crippen molar-refractivity contribution in [2.75, 3.05) is 13.7 Å². The zero-order valence-electron chi connectivity index (χ0n) is 13.8. The van der Waals surface area contributed by atoms with Crippen LogP contribution in [-0.4, -0.2) is 29.7 Å². The zero-order valence-corrected chi connectivity index (χ0v) is 14.6. The average Bonchev–Trinajstić information content (AvgIpc) is 2.63. The Kier molecular flexibility index (Phi) is 6.54. The van der Waals surface area contributed by atoms with E-state index in [9.17, 15) is 9.59 Å². The molecule has 3 rings (SSSR count). The van der Waals surface area contributed by atoms with Gasteiger partial charge >= 0.3 is 0 Å². The van der Waals surface area contributed by atoms with Gasteiger partial charge in [-0.1, -0.05) is 23.7 Å². The Morgan fingerprint density at radius 3 is 2.60 bits per heavy atom. The van der Waals surface area contributed by atoms with Gasteiger partial charge in [0.25, 0.3) is 12.0 Å². The van der Waals surface area contributed by atoms with E-state index in [4.69, 9.17) is 16.3 Å². The van der Waals surface area contributed by atoms with E-state index in [1.54, 1.807) is 36.8 Å². The summed E-state index contributed by atoms with van der Waals surface area (Å²) in [6.07, 6.45) is 1.31. The van der Waals surface area contributed by atoms with Gasteiger partial charge in [0.05, 0.1) is 41.7 Å². The molecule has 25 heavy (non-hydrogen) atoms. The van der Waals surface area contributed by atoms with E-state index in [1.165, 1.54) is 6.20 Å². The van der Waals surface area contributed by atoms with Gasteiger partial charge in [-0.2, -0.15) is 0 Å². The van der Waals surface area contributed by atoms with Crippen LogP contribution in [0.3, 0.4) is 0 Å². The van der Waals surface area contributed by atoms with E-state index in [0.29, 0.717) is 29.5 Å². The van der Waals surface area contributed by atoms with E-state index in [2.05, 4.69) is 9.72 Å². The maximum absolute atomic E-state index is 12.1. The normalized spacial score (nSPS) is 9.88. The number of ether oxygens (including phenoxy) is 2. The lowest BCUT2D eigenvalue weighted by Gasteiger charge is -2.11. The minimum absolute atomic E-state index is 0.204. The Morgan fingerprint density at radius 2 is 2.00 bits per heavy atom. The Morgan fingerprint density at radius 1 is 1.24 bits per heavy atom. The summed E-state index contributed by atoms with van der Waals surface area (Å²) in [5, 5.41) is 0.456. The number of rotatable bonds is 4. The first-order valence-electron chi connectivity index (χ1n) is 7.48. The topological polar surface area (TPSA) is 70.4 Å². The summed E-state index contributed by atoms with van der Waals surface area (Å²) < 4.78 is 10.9. The minimum atomic E-state index is -0.204. The number of halogens is 1. The van der Waals surface area contributed by atoms with Crippen LogP contribution in [-0.2, 0) is 9.53 Å². The maximum Gasteiger partial charge on any atom is 0.293 e. The SMILES string of the molecule is CCOC=O.COc1ccc(-n2c(=O)cnc3ccccc32)cc1Cl. The lowest BCUT2D eigenvalue weighted by molar-refractivity contribution is -0.128. The number of methoxy groups -OCH3 is 1. The van der Waals surface area contributed by atoms with Crippen LogP contribution in [0.1, 0.15) is 6.92 Å². The van der Waals surface area contributed by atoms with Crippen LogP contribution < -0.4 is 10.3 Å². The molecule has 130 valence electrons. The fourth-order valence-electron chi connectivity index (χ4n) is 2.19. The summed E-state index contributed by atoms with van der Waals surface area (Å²) in [6.45, 7) is 2.66. The number of aromatic nitrogens is 2. The van der Waals surface area contributed by atoms with E-state index < -0.39 is 0 Å². The number of carbonyl (C=O) groups is 1. The van der Waals surface area contributed by atoms with Gasteiger partial charge in [-0.05, 0) is 37.3 Å². The van der Waals surface area contributed by atoms with E-state index >= 15 is 0 Å². The second-order valence-corrected chi connectivity index (χ2v) is 5.20. The minimum Gasteiger partial charge on any atom is -0.495 e. The van der Waals surface area contributed by atoms with Gasteiger partial charge in [0.1, 0.15) is 5.75 Å². The third kappa shape index (κ3) is 4.36. The standard InChI is InChI=1S/C15H11ClN2O2.C3H6O2/c1-20-14-7-6-10(8-11(14)16)18-13-5-3-2-4-12(13)17-9-15(18)19;1-2-5-3-4/h2-9H,1H3;3H,2H2,1H3. The van der Waals surface area contributed by atoms with Gasteiger partial charge in [0, 0.05) is 0 Å². The summed E-state index contributed by atoms with van der Waals surface area (Å²) >= 11 is 6.13. The highest BCUT2D eigenvalue weighted by molar-refractivity contribution is 6.32. The Bertz CT molecular complexity index is 924. The molecule has 3 aromatic rings. The quantitative estimate of drug-likeness (QED) is 0.668. The monoisotopic (exact) mass is 360 g/mol. The van der Waals surface area contributed by atoms with Crippen molar-refractivity contribution in [1.29, 1.82) is 0 Å². The molecule has 2 aromatic carbocycles. The van der Waals surface area contributed by atoms with Crippen LogP contribution in [0.5, 0.6) is 5.75 Å². The highest BCUT2D eigenvalue weighted by atomic mass is 35.5. The van der Waals surface area contributed by atoms with Crippen LogP contribution >= 0.6 is 11.6 Å². The molecule has 0 spiro atoms. The molecular weight excluding hydrogens is 344 g/mol. The molecule has 6 nitrogen and oxygen atoms in total. The molecule has 0 amide bonds. The Labute approximate surface area is 149 Å². The summed E-state index contributed by atoms with van der Waals surface area (Å²) in [6, 6.07) is 12.7. The summed E-state index contributed by atoms with van der Waals surface area (Å²) in [7, 11) is 1.55. The number of nitrogens with zero attached hydrogens (tertiary/aromatic N) is 2. The fourth-order valence-corrected chi connectivity index (χ4v) is 2.44. The first-order chi connectivity index (χ1) is 12.1. The first-order valence-corrected chi connectivity index (χ1v) is 7.86. The summed E-state index contributed by atoms with van der Waals surface area (Å²) in [4.78, 5) is 25.4. The number of hydrogen-bond donors (Lipinski definition) is 0. The molecule has 0 atom stereocenters. The molecule has 0 radical (unpaired) electrons. The van der Waals surface area contributed by atoms with Crippen LogP contribution in [0.15, 0.2) is 53.5 Å². The number of para-hydroxylation sites is 2. The number of benzene rings is 2. The molecule has 0 fully saturated rings. The first kappa shape index (κ1) is 18.5. The van der Waals surface area contributed by atoms with Crippen molar-refractivity contribution < 1.29 is 14.3 Å².